The molecule has 3 aromatic rings. The van der Waals surface area contributed by atoms with E-state index in [1.807, 2.05) is 26.0 Å². The number of benzene rings is 2. The fourth-order valence-electron chi connectivity index (χ4n) is 3.76. The molecule has 2 unspecified atom stereocenters. The summed E-state index contributed by atoms with van der Waals surface area (Å²) in [6.07, 6.45) is -0.248. The molecule has 41 heavy (non-hydrogen) atoms. The van der Waals surface area contributed by atoms with Crippen molar-refractivity contribution in [1.82, 2.24) is 15.3 Å². The minimum atomic E-state index is -1.07. The van der Waals surface area contributed by atoms with Crippen molar-refractivity contribution in [3.8, 4) is 5.88 Å². The summed E-state index contributed by atoms with van der Waals surface area (Å²) < 4.78 is 13.8. The molecule has 12 nitrogen and oxygen atoms in total. The Bertz CT molecular complexity index is 1580. The van der Waals surface area contributed by atoms with Crippen LogP contribution in [0.3, 0.4) is 0 Å². The van der Waals surface area contributed by atoms with E-state index in [0.29, 0.717) is 5.56 Å². The number of carbonyl (C=O) groups is 3. The van der Waals surface area contributed by atoms with Crippen molar-refractivity contribution in [2.24, 2.45) is 4.99 Å². The van der Waals surface area contributed by atoms with Gasteiger partial charge in [-0.3, -0.25) is 29.1 Å². The molecule has 1 aliphatic heterocycles. The normalized spacial score (nSPS) is 16.1. The highest BCUT2D eigenvalue weighted by atomic mass is 32.2. The molecule has 1 aliphatic rings. The number of aromatic hydroxyl groups is 1. The maximum Gasteiger partial charge on any atom is 0.328 e. The van der Waals surface area contributed by atoms with Crippen molar-refractivity contribution >= 4 is 40.4 Å². The smallest absolute Gasteiger partial charge is 0.328 e. The minimum Gasteiger partial charge on any atom is -0.494 e. The minimum absolute atomic E-state index is 0.00229. The predicted octanol–water partition coefficient (Wildman–Crippen LogP) is 2.83. The van der Waals surface area contributed by atoms with Gasteiger partial charge >= 0.3 is 5.69 Å². The Morgan fingerprint density at radius 3 is 2.24 bits per heavy atom. The molecule has 0 radical (unpaired) electrons. The van der Waals surface area contributed by atoms with Crippen molar-refractivity contribution in [2.45, 2.75) is 44.4 Å². The number of hydrogen-bond donors (Lipinski definition) is 6. The van der Waals surface area contributed by atoms with Gasteiger partial charge in [-0.15, -0.1) is 0 Å². The number of carboxylic acid groups (broad SMARTS) is 1. The summed E-state index contributed by atoms with van der Waals surface area (Å²) >= 11 is 0.971. The van der Waals surface area contributed by atoms with E-state index >= 15 is 0 Å². The molecule has 0 bridgehead atoms. The summed E-state index contributed by atoms with van der Waals surface area (Å²) in [6, 6.07) is 11.8. The summed E-state index contributed by atoms with van der Waals surface area (Å²) in [5.74, 6) is -2.87. The number of amidine groups is 1. The lowest BCUT2D eigenvalue weighted by molar-refractivity contribution is -0.134. The maximum absolute atomic E-state index is 13.8. The Morgan fingerprint density at radius 2 is 1.66 bits per heavy atom. The highest BCUT2D eigenvalue weighted by molar-refractivity contribution is 8.15. The Morgan fingerprint density at radius 1 is 1.05 bits per heavy atom. The first-order valence-corrected chi connectivity index (χ1v) is 13.2. The average molecular weight is 586 g/mol. The third kappa shape index (κ3) is 8.38. The quantitative estimate of drug-likeness (QED) is 0.244. The van der Waals surface area contributed by atoms with E-state index < -0.39 is 52.0 Å². The van der Waals surface area contributed by atoms with Crippen molar-refractivity contribution in [3.63, 3.8) is 0 Å². The molecule has 2 atom stereocenters. The van der Waals surface area contributed by atoms with Gasteiger partial charge in [0.15, 0.2) is 5.17 Å². The molecule has 216 valence electrons. The molecule has 14 heteroatoms. The molecule has 4 rings (SSSR count). The van der Waals surface area contributed by atoms with Gasteiger partial charge in [-0.2, -0.15) is 0 Å². The molecular weight excluding hydrogens is 557 g/mol. The van der Waals surface area contributed by atoms with Gasteiger partial charge in [0.05, 0.1) is 5.69 Å². The molecular formula is C27H28FN5O7S. The molecule has 6 N–H and O–H groups in total. The Hall–Kier alpha value is -4.72. The number of carbonyl (C=O) groups excluding carboxylic acids is 2. The number of anilines is 1. The first-order chi connectivity index (χ1) is 19.3. The molecule has 2 amide bonds. The van der Waals surface area contributed by atoms with Crippen LogP contribution in [0.2, 0.25) is 0 Å². The zero-order valence-electron chi connectivity index (χ0n) is 22.2. The topological polar surface area (TPSA) is 194 Å². The number of nitrogens with zero attached hydrogens (tertiary/aromatic N) is 1. The number of aliphatic imine (C=N–C) groups is 1. The van der Waals surface area contributed by atoms with Crippen LogP contribution < -0.4 is 21.9 Å². The van der Waals surface area contributed by atoms with Crippen molar-refractivity contribution < 1.29 is 29.0 Å². The monoisotopic (exact) mass is 585 g/mol. The van der Waals surface area contributed by atoms with Crippen LogP contribution in [0.1, 0.15) is 55.8 Å². The molecule has 1 saturated heterocycles. The van der Waals surface area contributed by atoms with Crippen molar-refractivity contribution in [1.29, 1.82) is 0 Å². The number of para-hydroxylation sites is 1. The van der Waals surface area contributed by atoms with E-state index in [9.17, 15) is 28.7 Å². The van der Waals surface area contributed by atoms with Crippen LogP contribution in [0.5, 0.6) is 5.88 Å². The number of aliphatic carboxylic acids is 1. The molecule has 1 aromatic heterocycles. The van der Waals surface area contributed by atoms with E-state index in [2.05, 4.69) is 25.6 Å². The SMILES string of the molecule is CC(=O)O.CC(C)c1ccc(C(N=C2NC(=O)C(CC(=O)Nc3ccccc3F)S2)c2c(O)[nH]c(=O)[nH]c2=O)cc1. The Labute approximate surface area is 237 Å². The van der Waals surface area contributed by atoms with Gasteiger partial charge in [0.2, 0.25) is 17.7 Å². The van der Waals surface area contributed by atoms with Crippen LogP contribution in [0.4, 0.5) is 10.1 Å². The molecule has 2 heterocycles. The first-order valence-electron chi connectivity index (χ1n) is 12.3. The zero-order chi connectivity index (χ0) is 30.3. The maximum atomic E-state index is 13.8. The lowest BCUT2D eigenvalue weighted by Crippen LogP contribution is -2.29. The third-order valence-electron chi connectivity index (χ3n) is 5.69. The van der Waals surface area contributed by atoms with Gasteiger partial charge in [0.1, 0.15) is 22.7 Å². The van der Waals surface area contributed by atoms with E-state index in [4.69, 9.17) is 9.90 Å². The summed E-state index contributed by atoms with van der Waals surface area (Å²) in [4.78, 5) is 66.9. The van der Waals surface area contributed by atoms with Gasteiger partial charge in [-0.25, -0.2) is 14.2 Å². The number of aromatic amines is 2. The van der Waals surface area contributed by atoms with Crippen molar-refractivity contribution in [3.05, 3.63) is 91.9 Å². The van der Waals surface area contributed by atoms with Crippen LogP contribution >= 0.6 is 11.8 Å². The number of carboxylic acids is 1. The number of thioether (sulfide) groups is 1. The molecule has 0 aliphatic carbocycles. The second-order valence-corrected chi connectivity index (χ2v) is 10.4. The van der Waals surface area contributed by atoms with Gasteiger partial charge in [0, 0.05) is 13.3 Å². The molecule has 2 aromatic carbocycles. The fraction of sp³-hybridized carbons (Fsp3) is 0.259. The van der Waals surface area contributed by atoms with Gasteiger partial charge in [0.25, 0.3) is 11.5 Å². The summed E-state index contributed by atoms with van der Waals surface area (Å²) in [7, 11) is 0. The lowest BCUT2D eigenvalue weighted by atomic mass is 9.96. The Balaban J connectivity index is 0.00000108. The van der Waals surface area contributed by atoms with E-state index in [1.165, 1.54) is 18.2 Å². The lowest BCUT2D eigenvalue weighted by Gasteiger charge is -2.15. The average Bonchev–Trinajstić information content (AvgIpc) is 3.22. The van der Waals surface area contributed by atoms with Crippen LogP contribution in [-0.2, 0) is 14.4 Å². The second kappa shape index (κ2) is 13.6. The highest BCUT2D eigenvalue weighted by Crippen LogP contribution is 2.32. The van der Waals surface area contributed by atoms with Crippen LogP contribution in [0.15, 0.2) is 63.1 Å². The highest BCUT2D eigenvalue weighted by Gasteiger charge is 2.34. The predicted molar refractivity (Wildman–Crippen MR) is 152 cm³/mol. The molecule has 0 spiro atoms. The number of halogens is 1. The number of H-pyrrole nitrogens is 2. The number of amides is 2. The van der Waals surface area contributed by atoms with E-state index in [-0.39, 0.29) is 28.8 Å². The van der Waals surface area contributed by atoms with Crippen molar-refractivity contribution in [2.75, 3.05) is 5.32 Å². The number of nitrogens with one attached hydrogen (secondary N) is 4. The Kier molecular flexibility index (Phi) is 10.2. The van der Waals surface area contributed by atoms with Gasteiger partial charge < -0.3 is 20.8 Å². The fourth-order valence-corrected chi connectivity index (χ4v) is 4.75. The first kappa shape index (κ1) is 30.8. The second-order valence-electron chi connectivity index (χ2n) is 9.18. The van der Waals surface area contributed by atoms with Gasteiger partial charge in [-0.05, 0) is 29.2 Å². The standard InChI is InChI=1S/C25H24FN5O5S.C2H4O2/c1-12(2)13-7-9-14(10-8-13)20(19-22(34)29-24(36)30-23(19)35)28-25-31-21(33)17(37-25)11-18(32)27-16-6-4-3-5-15(16)26;1-2(3)4/h3-10,12,17,20H,11H2,1-2H3,(H,27,32)(H,28,31,33)(H3,29,30,34,35,36);1H3,(H,3,4). The molecule has 0 saturated carbocycles. The third-order valence-corrected chi connectivity index (χ3v) is 6.79. The summed E-state index contributed by atoms with van der Waals surface area (Å²) in [5.41, 5.74) is -0.349. The number of aromatic nitrogens is 2. The number of hydrogen-bond acceptors (Lipinski definition) is 8. The van der Waals surface area contributed by atoms with E-state index in [0.717, 1.165) is 24.2 Å². The summed E-state index contributed by atoms with van der Waals surface area (Å²) in [6.45, 7) is 5.14. The van der Waals surface area contributed by atoms with Crippen LogP contribution in [-0.4, -0.2) is 48.4 Å². The van der Waals surface area contributed by atoms with Gasteiger partial charge in [-0.1, -0.05) is 62.0 Å². The van der Waals surface area contributed by atoms with Crippen LogP contribution in [0, 0.1) is 5.82 Å². The largest absolute Gasteiger partial charge is 0.494 e. The summed E-state index contributed by atoms with van der Waals surface area (Å²) in [5, 5.41) is 22.1. The van der Waals surface area contributed by atoms with E-state index in [1.54, 1.807) is 18.2 Å². The van der Waals surface area contributed by atoms with Crippen LogP contribution in [0.25, 0.3) is 0 Å². The number of rotatable bonds is 7. The molecule has 1 fully saturated rings. The zero-order valence-corrected chi connectivity index (χ0v) is 23.0.